The van der Waals surface area contributed by atoms with Gasteiger partial charge in [0.25, 0.3) is 0 Å². The van der Waals surface area contributed by atoms with Crippen LogP contribution in [0, 0.1) is 23.5 Å². The predicted octanol–water partition coefficient (Wildman–Crippen LogP) is 5.94. The van der Waals surface area contributed by atoms with Gasteiger partial charge in [-0.3, -0.25) is 19.2 Å². The third-order valence-electron chi connectivity index (χ3n) is 7.51. The van der Waals surface area contributed by atoms with E-state index in [-0.39, 0.29) is 77.2 Å². The summed E-state index contributed by atoms with van der Waals surface area (Å²) in [6.07, 6.45) is -0.270. The Kier molecular flexibility index (Phi) is 10.9. The number of hydrogen-bond donors (Lipinski definition) is 2. The van der Waals surface area contributed by atoms with E-state index in [9.17, 15) is 19.2 Å². The molecule has 0 saturated carbocycles. The van der Waals surface area contributed by atoms with E-state index < -0.39 is 52.7 Å². The smallest absolute Gasteiger partial charge is 0.306 e. The molecule has 2 aromatic carbocycles. The molecule has 3 aromatic rings. The van der Waals surface area contributed by atoms with Crippen LogP contribution in [0.25, 0.3) is 10.1 Å². The maximum Gasteiger partial charge on any atom is 0.306 e. The molecule has 46 heavy (non-hydrogen) atoms. The molecule has 15 heteroatoms. The number of fused-ring (bicyclic) bond motifs is 2. The number of Topliss-reactive ketones (excluding diaryl/α,β-unsaturated/α-hetero) is 1. The van der Waals surface area contributed by atoms with Gasteiger partial charge in [0.05, 0.1) is 53.9 Å². The number of carboxylic acids is 2. The molecule has 4 rings (SSSR count). The van der Waals surface area contributed by atoms with Crippen molar-refractivity contribution < 1.29 is 57.1 Å². The highest BCUT2D eigenvalue weighted by atomic mass is 35.5. The Morgan fingerprint density at radius 1 is 0.913 bits per heavy atom. The number of ether oxygens (including phenoxy) is 4. The molecule has 2 N–H and O–H groups in total. The molecule has 0 spiro atoms. The topological polar surface area (TPSA) is 149 Å². The van der Waals surface area contributed by atoms with Crippen LogP contribution in [0.1, 0.15) is 53.9 Å². The second-order valence-corrected chi connectivity index (χ2v) is 12.2. The number of carbonyl (C=O) groups excluding carboxylic acids is 2. The highest BCUT2D eigenvalue weighted by molar-refractivity contribution is 7.20. The monoisotopic (exact) mass is 683 g/mol. The SMILES string of the molecule is COc1c(OCCCOc2c(OC)c(F)c3sc(C(=O)C[C@H](C)C(=O)O)cc3c2F)cc2c(c1Cl)CN(C(=O)C[C@H](C)C(=O)O)C2. The zero-order valence-corrected chi connectivity index (χ0v) is 27.0. The Morgan fingerprint density at radius 2 is 1.54 bits per heavy atom. The van der Waals surface area contributed by atoms with Gasteiger partial charge >= 0.3 is 11.9 Å². The molecule has 1 aliphatic heterocycles. The average molecular weight is 684 g/mol. The Bertz CT molecular complexity index is 1690. The summed E-state index contributed by atoms with van der Waals surface area (Å²) in [5, 5.41) is 18.3. The number of hydrogen-bond acceptors (Lipinski definition) is 9. The van der Waals surface area contributed by atoms with Crippen molar-refractivity contribution in [3.8, 4) is 23.0 Å². The maximum atomic E-state index is 15.5. The summed E-state index contributed by atoms with van der Waals surface area (Å²) < 4.78 is 52.6. The van der Waals surface area contributed by atoms with Crippen LogP contribution in [0.2, 0.25) is 5.02 Å². The number of rotatable bonds is 15. The molecule has 2 atom stereocenters. The molecule has 0 fully saturated rings. The zero-order valence-electron chi connectivity index (χ0n) is 25.4. The molecule has 0 saturated heterocycles. The van der Waals surface area contributed by atoms with Gasteiger partial charge in [-0.2, -0.15) is 0 Å². The highest BCUT2D eigenvalue weighted by Crippen LogP contribution is 2.45. The van der Waals surface area contributed by atoms with Crippen LogP contribution in [0.4, 0.5) is 8.78 Å². The first-order valence-electron chi connectivity index (χ1n) is 14.2. The number of carbonyl (C=O) groups is 4. The summed E-state index contributed by atoms with van der Waals surface area (Å²) in [6.45, 7) is 3.17. The molecule has 0 unspecified atom stereocenters. The van der Waals surface area contributed by atoms with E-state index >= 15 is 8.78 Å². The molecular weight excluding hydrogens is 652 g/mol. The number of benzene rings is 2. The highest BCUT2D eigenvalue weighted by Gasteiger charge is 2.31. The fraction of sp³-hybridized carbons (Fsp3) is 0.419. The standard InChI is InChI=1S/C31H32ClF2NO10S/c1-14(30(38)39)8-19(36)21-11-17-24(33)28(27(43-4)25(34)29(17)46-21)45-7-5-6-44-20-10-16-12-35(22(37)9-15(2)31(40)41)13-18(16)23(32)26(20)42-3/h10-11,14-15H,5-9,12-13H2,1-4H3,(H,38,39)(H,40,41)/t14-,15-/m0/s1. The number of halogens is 3. The van der Waals surface area contributed by atoms with E-state index in [1.54, 1.807) is 6.07 Å². The minimum atomic E-state index is -1.16. The molecule has 2 heterocycles. The molecule has 11 nitrogen and oxygen atoms in total. The molecule has 1 aromatic heterocycles. The molecule has 0 radical (unpaired) electrons. The molecule has 248 valence electrons. The number of aliphatic carboxylic acids is 2. The largest absolute Gasteiger partial charge is 0.491 e. The van der Waals surface area contributed by atoms with Crippen LogP contribution in [-0.2, 0) is 27.5 Å². The van der Waals surface area contributed by atoms with Crippen LogP contribution in [0.3, 0.4) is 0 Å². The average Bonchev–Trinajstić information content (AvgIpc) is 3.65. The minimum Gasteiger partial charge on any atom is -0.491 e. The second kappa shape index (κ2) is 14.5. The number of ketones is 1. The third-order valence-corrected chi connectivity index (χ3v) is 9.08. The Balaban J connectivity index is 1.43. The van der Waals surface area contributed by atoms with Gasteiger partial charge in [0.1, 0.15) is 0 Å². The van der Waals surface area contributed by atoms with E-state index in [2.05, 4.69) is 0 Å². The number of amides is 1. The number of nitrogens with zero attached hydrogens (tertiary/aromatic N) is 1. The van der Waals surface area contributed by atoms with Crippen molar-refractivity contribution in [2.24, 2.45) is 11.8 Å². The first kappa shape index (κ1) is 34.7. The Labute approximate surface area is 271 Å². The van der Waals surface area contributed by atoms with Gasteiger partial charge in [-0.1, -0.05) is 25.4 Å². The van der Waals surface area contributed by atoms with E-state index in [1.807, 2.05) is 0 Å². The van der Waals surface area contributed by atoms with Gasteiger partial charge < -0.3 is 34.1 Å². The summed E-state index contributed by atoms with van der Waals surface area (Å²) in [7, 11) is 2.56. The first-order chi connectivity index (χ1) is 21.8. The molecular formula is C31H32ClF2NO10S. The van der Waals surface area contributed by atoms with Gasteiger partial charge in [-0.25, -0.2) is 8.78 Å². The summed E-state index contributed by atoms with van der Waals surface area (Å²) in [5.74, 6) is -7.16. The number of carboxylic acid groups (broad SMARTS) is 2. The lowest BCUT2D eigenvalue weighted by Gasteiger charge is -2.16. The van der Waals surface area contributed by atoms with Crippen LogP contribution in [0.5, 0.6) is 23.0 Å². The van der Waals surface area contributed by atoms with E-state index in [0.717, 1.165) is 12.7 Å². The molecule has 1 amide bonds. The van der Waals surface area contributed by atoms with Crippen LogP contribution < -0.4 is 18.9 Å². The van der Waals surface area contributed by atoms with Crippen molar-refractivity contribution in [3.63, 3.8) is 0 Å². The summed E-state index contributed by atoms with van der Waals surface area (Å²) in [5.41, 5.74) is 1.38. The Hall–Kier alpha value is -4.17. The quantitative estimate of drug-likeness (QED) is 0.146. The van der Waals surface area contributed by atoms with Crippen molar-refractivity contribution >= 4 is 56.7 Å². The van der Waals surface area contributed by atoms with Gasteiger partial charge in [-0.15, -0.1) is 11.3 Å². The lowest BCUT2D eigenvalue weighted by atomic mass is 10.0. The van der Waals surface area contributed by atoms with Gasteiger partial charge in [0.15, 0.2) is 28.9 Å². The maximum absolute atomic E-state index is 15.5. The van der Waals surface area contributed by atoms with Gasteiger partial charge in [0.2, 0.25) is 17.4 Å². The van der Waals surface area contributed by atoms with Crippen molar-refractivity contribution in [1.29, 1.82) is 0 Å². The van der Waals surface area contributed by atoms with E-state index in [1.165, 1.54) is 31.9 Å². The van der Waals surface area contributed by atoms with Gasteiger partial charge in [0, 0.05) is 37.7 Å². The lowest BCUT2D eigenvalue weighted by molar-refractivity contribution is -0.145. The molecule has 1 aliphatic rings. The van der Waals surface area contributed by atoms with Crippen LogP contribution in [0.15, 0.2) is 12.1 Å². The number of methoxy groups -OCH3 is 2. The van der Waals surface area contributed by atoms with Crippen LogP contribution in [-0.4, -0.2) is 66.2 Å². The molecule has 0 aliphatic carbocycles. The van der Waals surface area contributed by atoms with Crippen LogP contribution >= 0.6 is 22.9 Å². The number of thiophene rings is 1. The fourth-order valence-electron chi connectivity index (χ4n) is 4.89. The minimum absolute atomic E-state index is 0.0118. The third kappa shape index (κ3) is 7.12. The second-order valence-electron chi connectivity index (χ2n) is 10.8. The van der Waals surface area contributed by atoms with Crippen molar-refractivity contribution in [2.75, 3.05) is 27.4 Å². The van der Waals surface area contributed by atoms with Crippen molar-refractivity contribution in [3.05, 3.63) is 44.8 Å². The van der Waals surface area contributed by atoms with E-state index in [4.69, 9.17) is 40.8 Å². The summed E-state index contributed by atoms with van der Waals surface area (Å²) in [6, 6.07) is 2.86. The fourth-order valence-corrected chi connectivity index (χ4v) is 6.27. The zero-order chi connectivity index (χ0) is 33.9. The van der Waals surface area contributed by atoms with E-state index in [0.29, 0.717) is 22.6 Å². The first-order valence-corrected chi connectivity index (χ1v) is 15.4. The predicted molar refractivity (Wildman–Crippen MR) is 163 cm³/mol. The van der Waals surface area contributed by atoms with Crippen molar-refractivity contribution in [2.45, 2.75) is 46.2 Å². The van der Waals surface area contributed by atoms with Crippen molar-refractivity contribution in [1.82, 2.24) is 4.90 Å². The summed E-state index contributed by atoms with van der Waals surface area (Å²) >= 11 is 7.28. The lowest BCUT2D eigenvalue weighted by Crippen LogP contribution is -2.28. The van der Waals surface area contributed by atoms with Gasteiger partial charge in [-0.05, 0) is 23.3 Å². The Morgan fingerprint density at radius 3 is 2.17 bits per heavy atom. The summed E-state index contributed by atoms with van der Waals surface area (Å²) in [4.78, 5) is 49.0. The normalized spacial score (nSPS) is 13.7. The molecule has 0 bridgehead atoms.